The van der Waals surface area contributed by atoms with Crippen LogP contribution in [0.2, 0.25) is 0 Å². The van der Waals surface area contributed by atoms with E-state index in [2.05, 4.69) is 13.8 Å². The van der Waals surface area contributed by atoms with Crippen molar-refractivity contribution in [3.8, 4) is 0 Å². The van der Waals surface area contributed by atoms with Gasteiger partial charge in [0.2, 0.25) is 0 Å². The van der Waals surface area contributed by atoms with Crippen LogP contribution in [0.15, 0.2) is 23.1 Å². The number of halogens is 1. The van der Waals surface area contributed by atoms with Crippen LogP contribution in [0.4, 0.5) is 4.39 Å². The third-order valence-electron chi connectivity index (χ3n) is 4.45. The zero-order valence-corrected chi connectivity index (χ0v) is 11.9. The fourth-order valence-corrected chi connectivity index (χ4v) is 3.58. The third-order valence-corrected chi connectivity index (χ3v) is 5.22. The predicted molar refractivity (Wildman–Crippen MR) is 73.6 cm³/mol. The van der Waals surface area contributed by atoms with E-state index in [1.54, 1.807) is 6.07 Å². The van der Waals surface area contributed by atoms with Crippen LogP contribution in [-0.4, -0.2) is 12.0 Å². The lowest BCUT2D eigenvalue weighted by Crippen LogP contribution is -2.47. The van der Waals surface area contributed by atoms with Crippen LogP contribution in [0.5, 0.6) is 0 Å². The fraction of sp³-hybridized carbons (Fsp3) is 0.533. The minimum Gasteiger partial charge on any atom is -0.299 e. The molecule has 1 atom stereocenters. The van der Waals surface area contributed by atoms with E-state index >= 15 is 0 Å². The van der Waals surface area contributed by atoms with Gasteiger partial charge in [-0.2, -0.15) is 0 Å². The Hall–Kier alpha value is -0.830. The highest BCUT2D eigenvalue weighted by Crippen LogP contribution is 2.54. The summed E-state index contributed by atoms with van der Waals surface area (Å²) in [5, 5.41) is 0. The topological polar surface area (TPSA) is 17.1 Å². The summed E-state index contributed by atoms with van der Waals surface area (Å²) in [4.78, 5) is 12.6. The van der Waals surface area contributed by atoms with Crippen molar-refractivity contribution >= 4 is 17.5 Å². The van der Waals surface area contributed by atoms with Gasteiger partial charge in [0.05, 0.1) is 0 Å². The standard InChI is InChI=1S/C15H19FOS/c1-4-15(5-2)11(9-14(15)17)10-6-7-13(18-3)12(16)8-10/h6-8,11H,4-5,9H2,1-3H3. The molecule has 0 bridgehead atoms. The van der Waals surface area contributed by atoms with Crippen LogP contribution in [0, 0.1) is 11.2 Å². The van der Waals surface area contributed by atoms with Crippen LogP contribution in [0.1, 0.15) is 44.6 Å². The van der Waals surface area contributed by atoms with E-state index in [0.29, 0.717) is 17.1 Å². The normalized spacial score (nSPS) is 21.8. The lowest BCUT2D eigenvalue weighted by molar-refractivity contribution is -0.141. The molecular weight excluding hydrogens is 247 g/mol. The molecule has 1 aromatic carbocycles. The Morgan fingerprint density at radius 1 is 1.39 bits per heavy atom. The molecule has 1 fully saturated rings. The summed E-state index contributed by atoms with van der Waals surface area (Å²) in [7, 11) is 0. The molecule has 0 amide bonds. The van der Waals surface area contributed by atoms with Crippen molar-refractivity contribution in [1.82, 2.24) is 0 Å². The number of carbonyl (C=O) groups excluding carboxylic acids is 1. The van der Waals surface area contributed by atoms with E-state index in [1.807, 2.05) is 18.4 Å². The van der Waals surface area contributed by atoms with E-state index in [1.165, 1.54) is 11.8 Å². The highest BCUT2D eigenvalue weighted by atomic mass is 32.2. The molecule has 1 aliphatic carbocycles. The van der Waals surface area contributed by atoms with Gasteiger partial charge in [-0.05, 0) is 36.8 Å². The van der Waals surface area contributed by atoms with Crippen LogP contribution in [-0.2, 0) is 4.79 Å². The molecule has 98 valence electrons. The van der Waals surface area contributed by atoms with E-state index < -0.39 is 0 Å². The minimum atomic E-state index is -0.243. The number of ketones is 1. The van der Waals surface area contributed by atoms with Gasteiger partial charge in [-0.15, -0.1) is 11.8 Å². The lowest BCUT2D eigenvalue weighted by Gasteiger charge is -2.47. The molecule has 1 nitrogen and oxygen atoms in total. The molecule has 1 saturated carbocycles. The van der Waals surface area contributed by atoms with Gasteiger partial charge >= 0.3 is 0 Å². The van der Waals surface area contributed by atoms with E-state index in [-0.39, 0.29) is 17.2 Å². The van der Waals surface area contributed by atoms with Crippen molar-refractivity contribution in [2.45, 2.75) is 43.9 Å². The first-order valence-electron chi connectivity index (χ1n) is 6.45. The molecule has 1 unspecified atom stereocenters. The molecule has 0 aromatic heterocycles. The smallest absolute Gasteiger partial charge is 0.140 e. The number of Topliss-reactive ketones (excluding diaryl/α,β-unsaturated/α-hetero) is 1. The average Bonchev–Trinajstić information content (AvgIpc) is 2.37. The molecule has 0 saturated heterocycles. The van der Waals surface area contributed by atoms with Gasteiger partial charge in [0.25, 0.3) is 0 Å². The predicted octanol–water partition coefficient (Wildman–Crippen LogP) is 4.41. The first-order valence-corrected chi connectivity index (χ1v) is 7.68. The summed E-state index contributed by atoms with van der Waals surface area (Å²) in [6.07, 6.45) is 4.13. The molecule has 18 heavy (non-hydrogen) atoms. The molecule has 0 heterocycles. The second kappa shape index (κ2) is 5.04. The molecule has 1 aromatic rings. The average molecular weight is 266 g/mol. The number of hydrogen-bond donors (Lipinski definition) is 0. The molecule has 0 spiro atoms. The molecule has 0 aliphatic heterocycles. The van der Waals surface area contributed by atoms with Crippen molar-refractivity contribution in [2.24, 2.45) is 5.41 Å². The van der Waals surface area contributed by atoms with E-state index in [9.17, 15) is 9.18 Å². The Morgan fingerprint density at radius 3 is 2.50 bits per heavy atom. The highest BCUT2D eigenvalue weighted by Gasteiger charge is 2.52. The van der Waals surface area contributed by atoms with Gasteiger partial charge in [-0.25, -0.2) is 4.39 Å². The number of thioether (sulfide) groups is 1. The van der Waals surface area contributed by atoms with Crippen molar-refractivity contribution in [2.75, 3.05) is 6.26 Å². The maximum absolute atomic E-state index is 13.8. The van der Waals surface area contributed by atoms with E-state index in [4.69, 9.17) is 0 Å². The summed E-state index contributed by atoms with van der Waals surface area (Å²) < 4.78 is 13.8. The maximum Gasteiger partial charge on any atom is 0.140 e. The number of hydrogen-bond acceptors (Lipinski definition) is 2. The number of benzene rings is 1. The third kappa shape index (κ3) is 1.89. The number of rotatable bonds is 4. The Morgan fingerprint density at radius 2 is 2.06 bits per heavy atom. The van der Waals surface area contributed by atoms with Gasteiger partial charge in [0.15, 0.2) is 0 Å². The molecule has 1 aliphatic rings. The van der Waals surface area contributed by atoms with Crippen LogP contribution in [0.25, 0.3) is 0 Å². The summed E-state index contributed by atoms with van der Waals surface area (Å²) in [6, 6.07) is 5.42. The zero-order chi connectivity index (χ0) is 13.3. The van der Waals surface area contributed by atoms with Gasteiger partial charge in [-0.3, -0.25) is 4.79 Å². The second-order valence-corrected chi connectivity index (χ2v) is 5.79. The van der Waals surface area contributed by atoms with Crippen molar-refractivity contribution in [1.29, 1.82) is 0 Å². The molecule has 0 N–H and O–H groups in total. The monoisotopic (exact) mass is 266 g/mol. The molecular formula is C15H19FOS. The lowest BCUT2D eigenvalue weighted by atomic mass is 9.54. The first kappa shape index (κ1) is 13.6. The zero-order valence-electron chi connectivity index (χ0n) is 11.1. The number of carbonyl (C=O) groups is 1. The van der Waals surface area contributed by atoms with Gasteiger partial charge < -0.3 is 0 Å². The van der Waals surface area contributed by atoms with Gasteiger partial charge in [0, 0.05) is 22.6 Å². The van der Waals surface area contributed by atoms with Crippen LogP contribution in [0.3, 0.4) is 0 Å². The highest BCUT2D eigenvalue weighted by molar-refractivity contribution is 7.98. The maximum atomic E-state index is 13.8. The summed E-state index contributed by atoms with van der Waals surface area (Å²) in [5.74, 6) is 0.373. The first-order chi connectivity index (χ1) is 8.58. The summed E-state index contributed by atoms with van der Waals surface area (Å²) in [6.45, 7) is 4.11. The van der Waals surface area contributed by atoms with Crippen molar-refractivity contribution in [3.63, 3.8) is 0 Å². The Labute approximate surface area is 112 Å². The Kier molecular flexibility index (Phi) is 3.81. The quantitative estimate of drug-likeness (QED) is 0.751. The second-order valence-electron chi connectivity index (χ2n) is 4.94. The minimum absolute atomic E-state index is 0.166. The van der Waals surface area contributed by atoms with Gasteiger partial charge in [0.1, 0.15) is 11.6 Å². The van der Waals surface area contributed by atoms with Crippen molar-refractivity contribution < 1.29 is 9.18 Å². The summed E-state index contributed by atoms with van der Waals surface area (Å²) >= 11 is 1.41. The molecule has 3 heteroatoms. The van der Waals surface area contributed by atoms with Crippen LogP contribution >= 0.6 is 11.8 Å². The Bertz CT molecular complexity index is 466. The SMILES string of the molecule is CCC1(CC)C(=O)CC1c1ccc(SC)c(F)c1. The fourth-order valence-electron chi connectivity index (χ4n) is 3.12. The summed E-state index contributed by atoms with van der Waals surface area (Å²) in [5.41, 5.74) is 0.737. The van der Waals surface area contributed by atoms with Crippen LogP contribution < -0.4 is 0 Å². The van der Waals surface area contributed by atoms with E-state index in [0.717, 1.165) is 18.4 Å². The molecule has 2 rings (SSSR count). The van der Waals surface area contributed by atoms with Gasteiger partial charge in [-0.1, -0.05) is 19.9 Å². The largest absolute Gasteiger partial charge is 0.299 e. The molecule has 0 radical (unpaired) electrons. The van der Waals surface area contributed by atoms with Crippen molar-refractivity contribution in [3.05, 3.63) is 29.6 Å². The Balaban J connectivity index is 2.33.